The van der Waals surface area contributed by atoms with Crippen LogP contribution in [-0.2, 0) is 16.1 Å². The Hall–Kier alpha value is -2.82. The number of amides is 2. The minimum absolute atomic E-state index is 0.0345. The van der Waals surface area contributed by atoms with Crippen molar-refractivity contribution in [2.45, 2.75) is 45.7 Å². The van der Waals surface area contributed by atoms with Crippen molar-refractivity contribution in [3.63, 3.8) is 0 Å². The van der Waals surface area contributed by atoms with Crippen LogP contribution in [0.4, 0.5) is 0 Å². The maximum Gasteiger partial charge on any atom is 0.242 e. The number of carbonyl (C=O) groups excluding carboxylic acids is 2. The average Bonchev–Trinajstić information content (AvgIpc) is 2.72. The van der Waals surface area contributed by atoms with Crippen LogP contribution in [0, 0.1) is 6.92 Å². The Morgan fingerprint density at radius 3 is 2.36 bits per heavy atom. The third-order valence-corrected chi connectivity index (χ3v) is 4.65. The van der Waals surface area contributed by atoms with Gasteiger partial charge in [-0.05, 0) is 37.5 Å². The number of rotatable bonds is 10. The molecule has 28 heavy (non-hydrogen) atoms. The molecule has 0 aromatic heterocycles. The first-order valence-electron chi connectivity index (χ1n) is 9.79. The molecular weight excluding hydrogens is 352 g/mol. The number of likely N-dealkylation sites (N-methyl/N-ethyl adjacent to an activating group) is 1. The minimum Gasteiger partial charge on any atom is -0.494 e. The maximum atomic E-state index is 12.9. The van der Waals surface area contributed by atoms with Crippen molar-refractivity contribution in [3.8, 4) is 5.75 Å². The van der Waals surface area contributed by atoms with Crippen LogP contribution in [-0.4, -0.2) is 36.4 Å². The van der Waals surface area contributed by atoms with E-state index in [0.29, 0.717) is 32.4 Å². The molecule has 0 aliphatic carbocycles. The third kappa shape index (κ3) is 6.41. The van der Waals surface area contributed by atoms with E-state index in [9.17, 15) is 9.59 Å². The van der Waals surface area contributed by atoms with Gasteiger partial charge in [-0.25, -0.2) is 0 Å². The van der Waals surface area contributed by atoms with Gasteiger partial charge in [-0.1, -0.05) is 55.0 Å². The number of hydrogen-bond donors (Lipinski definition) is 1. The number of nitrogens with one attached hydrogen (secondary N) is 1. The summed E-state index contributed by atoms with van der Waals surface area (Å²) in [6.07, 6.45) is 1.51. The van der Waals surface area contributed by atoms with Gasteiger partial charge < -0.3 is 15.0 Å². The molecule has 0 radical (unpaired) electrons. The van der Waals surface area contributed by atoms with Crippen molar-refractivity contribution >= 4 is 11.8 Å². The summed E-state index contributed by atoms with van der Waals surface area (Å²) in [7, 11) is 1.60. The lowest BCUT2D eigenvalue weighted by molar-refractivity contribution is -0.141. The van der Waals surface area contributed by atoms with E-state index >= 15 is 0 Å². The molecule has 2 amide bonds. The molecule has 5 heteroatoms. The van der Waals surface area contributed by atoms with Gasteiger partial charge in [0.05, 0.1) is 6.61 Å². The molecule has 0 aliphatic heterocycles. The summed E-state index contributed by atoms with van der Waals surface area (Å²) in [6.45, 7) is 4.84. The zero-order chi connectivity index (χ0) is 20.4. The Labute approximate surface area is 167 Å². The summed E-state index contributed by atoms with van der Waals surface area (Å²) in [4.78, 5) is 26.9. The number of aryl methyl sites for hydroxylation is 1. The van der Waals surface area contributed by atoms with Crippen LogP contribution >= 0.6 is 0 Å². The Morgan fingerprint density at radius 1 is 1.07 bits per heavy atom. The summed E-state index contributed by atoms with van der Waals surface area (Å²) < 4.78 is 5.67. The molecule has 1 unspecified atom stereocenters. The summed E-state index contributed by atoms with van der Waals surface area (Å²) in [5.41, 5.74) is 2.18. The largest absolute Gasteiger partial charge is 0.494 e. The molecule has 1 atom stereocenters. The predicted molar refractivity (Wildman–Crippen MR) is 111 cm³/mol. The van der Waals surface area contributed by atoms with Crippen LogP contribution < -0.4 is 10.1 Å². The Balaban J connectivity index is 2.00. The number of benzene rings is 2. The molecule has 150 valence electrons. The molecule has 0 saturated carbocycles. The second-order valence-corrected chi connectivity index (χ2v) is 6.81. The fraction of sp³-hybridized carbons (Fsp3) is 0.391. The number of nitrogens with zero attached hydrogens (tertiary/aromatic N) is 1. The Kier molecular flexibility index (Phi) is 8.53. The fourth-order valence-corrected chi connectivity index (χ4v) is 3.05. The fourth-order valence-electron chi connectivity index (χ4n) is 3.05. The van der Waals surface area contributed by atoms with Gasteiger partial charge >= 0.3 is 0 Å². The van der Waals surface area contributed by atoms with Crippen molar-refractivity contribution in [3.05, 3.63) is 65.7 Å². The highest BCUT2D eigenvalue weighted by Gasteiger charge is 2.27. The predicted octanol–water partition coefficient (Wildman–Crippen LogP) is 3.71. The number of ether oxygens (including phenoxy) is 1. The second kappa shape index (κ2) is 11.1. The van der Waals surface area contributed by atoms with E-state index in [-0.39, 0.29) is 11.8 Å². The first-order chi connectivity index (χ1) is 13.5. The highest BCUT2D eigenvalue weighted by molar-refractivity contribution is 5.87. The Morgan fingerprint density at radius 2 is 1.75 bits per heavy atom. The van der Waals surface area contributed by atoms with Crippen molar-refractivity contribution in [1.82, 2.24) is 10.2 Å². The van der Waals surface area contributed by atoms with Gasteiger partial charge in [-0.15, -0.1) is 0 Å². The summed E-state index contributed by atoms with van der Waals surface area (Å²) in [6, 6.07) is 17.1. The third-order valence-electron chi connectivity index (χ3n) is 4.65. The van der Waals surface area contributed by atoms with Gasteiger partial charge in [-0.2, -0.15) is 0 Å². The summed E-state index contributed by atoms with van der Waals surface area (Å²) in [5.74, 6) is 0.624. The van der Waals surface area contributed by atoms with Crippen LogP contribution in [0.3, 0.4) is 0 Å². The number of para-hydroxylation sites is 1. The molecule has 5 nitrogen and oxygen atoms in total. The van der Waals surface area contributed by atoms with Crippen LogP contribution in [0.15, 0.2) is 54.6 Å². The van der Waals surface area contributed by atoms with Gasteiger partial charge in [0.25, 0.3) is 0 Å². The van der Waals surface area contributed by atoms with Gasteiger partial charge in [0, 0.05) is 20.0 Å². The van der Waals surface area contributed by atoms with Crippen molar-refractivity contribution < 1.29 is 14.3 Å². The molecule has 2 rings (SSSR count). The maximum absolute atomic E-state index is 12.9. The SMILES string of the molecule is CCC(C(=O)NC)N(Cc1ccc(C)cc1)C(=O)CCCOc1ccccc1. The molecule has 0 saturated heterocycles. The second-order valence-electron chi connectivity index (χ2n) is 6.81. The molecular formula is C23H30N2O3. The van der Waals surface area contributed by atoms with Crippen LogP contribution in [0.25, 0.3) is 0 Å². The van der Waals surface area contributed by atoms with Crippen LogP contribution in [0.2, 0.25) is 0 Å². The highest BCUT2D eigenvalue weighted by atomic mass is 16.5. The van der Waals surface area contributed by atoms with Crippen molar-refractivity contribution in [2.24, 2.45) is 0 Å². The standard InChI is InChI=1S/C23H30N2O3/c1-4-21(23(27)24-3)25(17-19-14-12-18(2)13-15-19)22(26)11-8-16-28-20-9-6-5-7-10-20/h5-7,9-10,12-15,21H,4,8,11,16-17H2,1-3H3,(H,24,27). The highest BCUT2D eigenvalue weighted by Crippen LogP contribution is 2.15. The molecule has 0 aliphatic rings. The van der Waals surface area contributed by atoms with Gasteiger partial charge in [0.1, 0.15) is 11.8 Å². The van der Waals surface area contributed by atoms with Gasteiger partial charge in [0.2, 0.25) is 11.8 Å². The van der Waals surface area contributed by atoms with E-state index < -0.39 is 6.04 Å². The molecule has 0 bridgehead atoms. The molecule has 0 spiro atoms. The van der Waals surface area contributed by atoms with Gasteiger partial charge in [-0.3, -0.25) is 9.59 Å². The Bertz CT molecular complexity index is 744. The van der Waals surface area contributed by atoms with Crippen LogP contribution in [0.1, 0.15) is 37.3 Å². The topological polar surface area (TPSA) is 58.6 Å². The van der Waals surface area contributed by atoms with E-state index in [1.807, 2.05) is 68.4 Å². The molecule has 0 heterocycles. The zero-order valence-corrected chi connectivity index (χ0v) is 17.0. The lowest BCUT2D eigenvalue weighted by Crippen LogP contribution is -2.48. The average molecular weight is 383 g/mol. The van der Waals surface area contributed by atoms with Crippen molar-refractivity contribution in [1.29, 1.82) is 0 Å². The molecule has 0 fully saturated rings. The van der Waals surface area contributed by atoms with E-state index in [1.165, 1.54) is 0 Å². The van der Waals surface area contributed by atoms with E-state index in [4.69, 9.17) is 4.74 Å². The monoisotopic (exact) mass is 382 g/mol. The molecule has 1 N–H and O–H groups in total. The first-order valence-corrected chi connectivity index (χ1v) is 9.79. The summed E-state index contributed by atoms with van der Waals surface area (Å²) >= 11 is 0. The quantitative estimate of drug-likeness (QED) is 0.637. The smallest absolute Gasteiger partial charge is 0.242 e. The van der Waals surface area contributed by atoms with E-state index in [1.54, 1.807) is 11.9 Å². The minimum atomic E-state index is -0.478. The molecule has 2 aromatic rings. The number of hydrogen-bond acceptors (Lipinski definition) is 3. The summed E-state index contributed by atoms with van der Waals surface area (Å²) in [5, 5.41) is 2.68. The lowest BCUT2D eigenvalue weighted by Gasteiger charge is -2.30. The normalized spacial score (nSPS) is 11.5. The lowest BCUT2D eigenvalue weighted by atomic mass is 10.1. The first kappa shape index (κ1) is 21.5. The van der Waals surface area contributed by atoms with E-state index in [2.05, 4.69) is 5.32 Å². The van der Waals surface area contributed by atoms with Crippen LogP contribution in [0.5, 0.6) is 5.75 Å². The van der Waals surface area contributed by atoms with Crippen molar-refractivity contribution in [2.75, 3.05) is 13.7 Å². The van der Waals surface area contributed by atoms with E-state index in [0.717, 1.165) is 16.9 Å². The van der Waals surface area contributed by atoms with Gasteiger partial charge in [0.15, 0.2) is 0 Å². The number of carbonyl (C=O) groups is 2. The zero-order valence-electron chi connectivity index (χ0n) is 17.0. The molecule has 2 aromatic carbocycles.